The zero-order valence-electron chi connectivity index (χ0n) is 13.8. The molecule has 1 fully saturated rings. The van der Waals surface area contributed by atoms with Crippen LogP contribution in [0, 0.1) is 5.92 Å². The first-order valence-corrected chi connectivity index (χ1v) is 8.72. The summed E-state index contributed by atoms with van der Waals surface area (Å²) >= 11 is 0. The van der Waals surface area contributed by atoms with Crippen molar-refractivity contribution in [2.24, 2.45) is 11.7 Å². The number of amides is 1. The molecule has 4 heteroatoms. The second kappa shape index (κ2) is 8.46. The van der Waals surface area contributed by atoms with E-state index in [0.29, 0.717) is 19.3 Å². The van der Waals surface area contributed by atoms with Crippen molar-refractivity contribution in [1.82, 2.24) is 0 Å². The lowest BCUT2D eigenvalue weighted by Gasteiger charge is -2.34. The highest BCUT2D eigenvalue weighted by Crippen LogP contribution is 2.34. The lowest BCUT2D eigenvalue weighted by atomic mass is 9.77. The summed E-state index contributed by atoms with van der Waals surface area (Å²) in [7, 11) is 0. The Hall–Kier alpha value is -1.39. The van der Waals surface area contributed by atoms with Gasteiger partial charge in [0.25, 0.3) is 0 Å². The summed E-state index contributed by atoms with van der Waals surface area (Å²) in [6, 6.07) is 9.99. The number of aryl methyl sites for hydroxylation is 1. The van der Waals surface area contributed by atoms with Crippen LogP contribution in [0.1, 0.15) is 56.9 Å². The number of benzene rings is 1. The number of aliphatic hydroxyl groups is 2. The van der Waals surface area contributed by atoms with Crippen LogP contribution in [0.3, 0.4) is 0 Å². The summed E-state index contributed by atoms with van der Waals surface area (Å²) < 4.78 is 0. The Kier molecular flexibility index (Phi) is 6.60. The van der Waals surface area contributed by atoms with Crippen molar-refractivity contribution in [2.75, 3.05) is 0 Å². The largest absolute Gasteiger partial charge is 0.393 e. The second-order valence-corrected chi connectivity index (χ2v) is 7.00. The van der Waals surface area contributed by atoms with Crippen molar-refractivity contribution < 1.29 is 15.0 Å². The molecule has 4 nitrogen and oxygen atoms in total. The Labute approximate surface area is 138 Å². The van der Waals surface area contributed by atoms with Gasteiger partial charge in [-0.3, -0.25) is 4.79 Å². The number of carbonyl (C=O) groups is 1. The van der Waals surface area contributed by atoms with E-state index in [-0.39, 0.29) is 0 Å². The SMILES string of the molecule is NC(=O)C(CC(O)CCc1ccccc1)CC1(O)CCCCC1. The van der Waals surface area contributed by atoms with E-state index < -0.39 is 23.5 Å². The van der Waals surface area contributed by atoms with Gasteiger partial charge in [0.1, 0.15) is 0 Å². The van der Waals surface area contributed by atoms with Gasteiger partial charge in [-0.15, -0.1) is 0 Å². The van der Waals surface area contributed by atoms with Gasteiger partial charge in [-0.2, -0.15) is 0 Å². The fourth-order valence-corrected chi connectivity index (χ4v) is 3.60. The predicted octanol–water partition coefficient (Wildman–Crippen LogP) is 2.56. The molecule has 4 N–H and O–H groups in total. The standard InChI is InChI=1S/C19H29NO3/c20-18(22)16(14-19(23)11-5-2-6-12-19)13-17(21)10-9-15-7-3-1-4-8-15/h1,3-4,7-8,16-17,21,23H,2,5-6,9-14H2,(H2,20,22). The van der Waals surface area contributed by atoms with Crippen LogP contribution in [-0.2, 0) is 11.2 Å². The van der Waals surface area contributed by atoms with E-state index in [9.17, 15) is 15.0 Å². The van der Waals surface area contributed by atoms with E-state index in [1.54, 1.807) is 0 Å². The molecule has 1 amide bonds. The van der Waals surface area contributed by atoms with Crippen molar-refractivity contribution in [3.05, 3.63) is 35.9 Å². The zero-order valence-corrected chi connectivity index (χ0v) is 13.8. The van der Waals surface area contributed by atoms with Gasteiger partial charge in [0, 0.05) is 5.92 Å². The van der Waals surface area contributed by atoms with Crippen LogP contribution in [0.25, 0.3) is 0 Å². The molecular weight excluding hydrogens is 290 g/mol. The van der Waals surface area contributed by atoms with Crippen LogP contribution in [0.2, 0.25) is 0 Å². The molecular formula is C19H29NO3. The van der Waals surface area contributed by atoms with E-state index in [4.69, 9.17) is 5.73 Å². The molecule has 1 aliphatic rings. The molecule has 1 aromatic rings. The molecule has 0 radical (unpaired) electrons. The molecule has 0 bridgehead atoms. The summed E-state index contributed by atoms with van der Waals surface area (Å²) in [5, 5.41) is 20.9. The molecule has 2 rings (SSSR count). The number of hydrogen-bond donors (Lipinski definition) is 3. The number of rotatable bonds is 8. The lowest BCUT2D eigenvalue weighted by molar-refractivity contribution is -0.126. The molecule has 0 spiro atoms. The average Bonchev–Trinajstić information content (AvgIpc) is 2.54. The van der Waals surface area contributed by atoms with Crippen LogP contribution in [0.4, 0.5) is 0 Å². The van der Waals surface area contributed by atoms with Gasteiger partial charge in [-0.25, -0.2) is 0 Å². The highest BCUT2D eigenvalue weighted by molar-refractivity contribution is 5.76. The Morgan fingerprint density at radius 2 is 1.83 bits per heavy atom. The fraction of sp³-hybridized carbons (Fsp3) is 0.632. The van der Waals surface area contributed by atoms with Crippen molar-refractivity contribution in [3.63, 3.8) is 0 Å². The van der Waals surface area contributed by atoms with Gasteiger partial charge in [0.05, 0.1) is 11.7 Å². The molecule has 1 aromatic carbocycles. The van der Waals surface area contributed by atoms with Gasteiger partial charge >= 0.3 is 0 Å². The molecule has 0 heterocycles. The van der Waals surface area contributed by atoms with Crippen LogP contribution >= 0.6 is 0 Å². The van der Waals surface area contributed by atoms with E-state index in [1.165, 1.54) is 5.56 Å². The Balaban J connectivity index is 1.84. The normalized spacial score (nSPS) is 19.9. The molecule has 0 saturated heterocycles. The lowest BCUT2D eigenvalue weighted by Crippen LogP contribution is -2.39. The van der Waals surface area contributed by atoms with Crippen LogP contribution in [0.15, 0.2) is 30.3 Å². The van der Waals surface area contributed by atoms with Gasteiger partial charge in [0.2, 0.25) is 5.91 Å². The third-order valence-corrected chi connectivity index (χ3v) is 4.98. The maximum absolute atomic E-state index is 11.7. The number of nitrogens with two attached hydrogens (primary N) is 1. The number of carbonyl (C=O) groups excluding carboxylic acids is 1. The van der Waals surface area contributed by atoms with Crippen molar-refractivity contribution in [3.8, 4) is 0 Å². The average molecular weight is 319 g/mol. The van der Waals surface area contributed by atoms with Crippen molar-refractivity contribution >= 4 is 5.91 Å². The fourth-order valence-electron chi connectivity index (χ4n) is 3.60. The first-order chi connectivity index (χ1) is 11.0. The zero-order chi connectivity index (χ0) is 16.7. The Bertz CT molecular complexity index is 483. The molecule has 23 heavy (non-hydrogen) atoms. The molecule has 1 saturated carbocycles. The van der Waals surface area contributed by atoms with Crippen molar-refractivity contribution in [1.29, 1.82) is 0 Å². The Morgan fingerprint density at radius 1 is 1.17 bits per heavy atom. The molecule has 2 unspecified atom stereocenters. The highest BCUT2D eigenvalue weighted by atomic mass is 16.3. The maximum Gasteiger partial charge on any atom is 0.220 e. The molecule has 2 atom stereocenters. The summed E-state index contributed by atoms with van der Waals surface area (Å²) in [4.78, 5) is 11.7. The molecule has 1 aliphatic carbocycles. The van der Waals surface area contributed by atoms with Crippen LogP contribution < -0.4 is 5.73 Å². The minimum atomic E-state index is -0.781. The third kappa shape index (κ3) is 5.96. The first-order valence-electron chi connectivity index (χ1n) is 8.72. The monoisotopic (exact) mass is 319 g/mol. The third-order valence-electron chi connectivity index (χ3n) is 4.98. The summed E-state index contributed by atoms with van der Waals surface area (Å²) in [6.07, 6.45) is 6.13. The van der Waals surface area contributed by atoms with E-state index >= 15 is 0 Å². The minimum Gasteiger partial charge on any atom is -0.393 e. The number of aliphatic hydroxyl groups excluding tert-OH is 1. The maximum atomic E-state index is 11.7. The van der Waals surface area contributed by atoms with Gasteiger partial charge in [-0.1, -0.05) is 49.6 Å². The highest BCUT2D eigenvalue weighted by Gasteiger charge is 2.34. The van der Waals surface area contributed by atoms with Crippen LogP contribution in [0.5, 0.6) is 0 Å². The predicted molar refractivity (Wildman–Crippen MR) is 90.7 cm³/mol. The minimum absolute atomic E-state index is 0.338. The number of hydrogen-bond acceptors (Lipinski definition) is 3. The summed E-state index contributed by atoms with van der Waals surface area (Å²) in [5.74, 6) is -0.869. The van der Waals surface area contributed by atoms with Crippen LogP contribution in [-0.4, -0.2) is 27.8 Å². The molecule has 0 aromatic heterocycles. The van der Waals surface area contributed by atoms with E-state index in [0.717, 1.165) is 38.5 Å². The van der Waals surface area contributed by atoms with Gasteiger partial charge in [-0.05, 0) is 44.1 Å². The quantitative estimate of drug-likeness (QED) is 0.688. The van der Waals surface area contributed by atoms with Gasteiger partial charge in [0.15, 0.2) is 0 Å². The smallest absolute Gasteiger partial charge is 0.220 e. The second-order valence-electron chi connectivity index (χ2n) is 7.00. The molecule has 0 aliphatic heterocycles. The van der Waals surface area contributed by atoms with Crippen molar-refractivity contribution in [2.45, 2.75) is 69.5 Å². The van der Waals surface area contributed by atoms with Gasteiger partial charge < -0.3 is 15.9 Å². The number of primary amides is 1. The first kappa shape index (κ1) is 18.0. The van der Waals surface area contributed by atoms with E-state index in [1.807, 2.05) is 30.3 Å². The summed E-state index contributed by atoms with van der Waals surface area (Å²) in [5.41, 5.74) is 5.90. The summed E-state index contributed by atoms with van der Waals surface area (Å²) in [6.45, 7) is 0. The topological polar surface area (TPSA) is 83.6 Å². The molecule has 128 valence electrons. The Morgan fingerprint density at radius 3 is 2.43 bits per heavy atom. The van der Waals surface area contributed by atoms with E-state index in [2.05, 4.69) is 0 Å².